The van der Waals surface area contributed by atoms with E-state index in [0.717, 1.165) is 49.7 Å². The Labute approximate surface area is 373 Å². The molecule has 2 nitrogen and oxygen atoms in total. The molecule has 0 amide bonds. The fourth-order valence-electron chi connectivity index (χ4n) is 11.3. The molecule has 64 heavy (non-hydrogen) atoms. The van der Waals surface area contributed by atoms with Crippen molar-refractivity contribution in [2.75, 3.05) is 0 Å². The molecule has 2 aliphatic carbocycles. The standard InChI is InChI=1S/C62H44N2/c1-61(2)53-22-12-9-17-43(53)45-31-29-39(33-55(45)61)50-35-52-51(40-30-32-46-44-18-10-13-23-54(44)62(3,4)56(46)34-40)36-58(64-60(52)49-21-8-6-16-42(49)50)37-25-27-38(28-26-37)59-48-20-7-5-15-41(48)47-19-11-14-24-57(47)63-59/h5-36H,1-4H3. The lowest BCUT2D eigenvalue weighted by Gasteiger charge is -2.23. The van der Waals surface area contributed by atoms with Crippen LogP contribution in [0, 0.1) is 0 Å². The zero-order valence-corrected chi connectivity index (χ0v) is 36.4. The number of hydrogen-bond acceptors (Lipinski definition) is 2. The van der Waals surface area contributed by atoms with Gasteiger partial charge < -0.3 is 0 Å². The molecule has 2 heterocycles. The second-order valence-electron chi connectivity index (χ2n) is 18.9. The number of para-hydroxylation sites is 1. The topological polar surface area (TPSA) is 25.8 Å². The molecule has 9 aromatic carbocycles. The third-order valence-electron chi connectivity index (χ3n) is 14.7. The number of aromatic nitrogens is 2. The molecule has 0 N–H and O–H groups in total. The predicted molar refractivity (Wildman–Crippen MR) is 269 cm³/mol. The van der Waals surface area contributed by atoms with Crippen LogP contribution in [0.15, 0.2) is 194 Å². The number of hydrogen-bond donors (Lipinski definition) is 0. The van der Waals surface area contributed by atoms with Gasteiger partial charge in [0.15, 0.2) is 0 Å². The second kappa shape index (κ2) is 13.4. The largest absolute Gasteiger partial charge is 0.247 e. The molecule has 2 heteroatoms. The van der Waals surface area contributed by atoms with Gasteiger partial charge in [-0.15, -0.1) is 0 Å². The minimum atomic E-state index is -0.128. The minimum absolute atomic E-state index is 0.0992. The molecule has 0 fully saturated rings. The molecule has 0 saturated carbocycles. The van der Waals surface area contributed by atoms with E-state index in [1.165, 1.54) is 82.9 Å². The summed E-state index contributed by atoms with van der Waals surface area (Å²) in [6.45, 7) is 9.46. The van der Waals surface area contributed by atoms with E-state index in [-0.39, 0.29) is 10.8 Å². The Morgan fingerprint density at radius 3 is 1.41 bits per heavy atom. The van der Waals surface area contributed by atoms with Crippen LogP contribution in [0.3, 0.4) is 0 Å². The van der Waals surface area contributed by atoms with Crippen molar-refractivity contribution in [2.45, 2.75) is 38.5 Å². The number of benzene rings is 9. The summed E-state index contributed by atoms with van der Waals surface area (Å²) >= 11 is 0. The highest BCUT2D eigenvalue weighted by molar-refractivity contribution is 6.17. The van der Waals surface area contributed by atoms with E-state index in [9.17, 15) is 0 Å². The first kappa shape index (κ1) is 36.9. The van der Waals surface area contributed by atoms with Crippen LogP contribution in [-0.4, -0.2) is 9.97 Å². The van der Waals surface area contributed by atoms with E-state index >= 15 is 0 Å². The predicted octanol–water partition coefficient (Wildman–Crippen LogP) is 16.4. The molecule has 302 valence electrons. The minimum Gasteiger partial charge on any atom is -0.247 e. The third kappa shape index (κ3) is 5.26. The quantitative estimate of drug-likeness (QED) is 0.165. The summed E-state index contributed by atoms with van der Waals surface area (Å²) in [7, 11) is 0. The van der Waals surface area contributed by atoms with Crippen LogP contribution in [0.4, 0.5) is 0 Å². The van der Waals surface area contributed by atoms with Gasteiger partial charge in [0.05, 0.1) is 22.4 Å². The van der Waals surface area contributed by atoms with Crippen molar-refractivity contribution in [3.05, 3.63) is 216 Å². The van der Waals surface area contributed by atoms with Crippen LogP contribution < -0.4 is 0 Å². The highest BCUT2D eigenvalue weighted by Gasteiger charge is 2.37. The zero-order chi connectivity index (χ0) is 42.9. The highest BCUT2D eigenvalue weighted by Crippen LogP contribution is 2.52. The monoisotopic (exact) mass is 816 g/mol. The molecular formula is C62H44N2. The van der Waals surface area contributed by atoms with Crippen molar-refractivity contribution in [2.24, 2.45) is 0 Å². The summed E-state index contributed by atoms with van der Waals surface area (Å²) in [4.78, 5) is 10.8. The Morgan fingerprint density at radius 1 is 0.297 bits per heavy atom. The van der Waals surface area contributed by atoms with E-state index in [4.69, 9.17) is 9.97 Å². The van der Waals surface area contributed by atoms with Crippen molar-refractivity contribution in [3.8, 4) is 67.0 Å². The lowest BCUT2D eigenvalue weighted by Crippen LogP contribution is -2.15. The number of rotatable bonds is 4. The summed E-state index contributed by atoms with van der Waals surface area (Å²) in [5, 5.41) is 7.05. The van der Waals surface area contributed by atoms with Gasteiger partial charge in [0, 0.05) is 43.5 Å². The van der Waals surface area contributed by atoms with Crippen molar-refractivity contribution in [1.82, 2.24) is 9.97 Å². The summed E-state index contributed by atoms with van der Waals surface area (Å²) in [5.41, 5.74) is 21.5. The van der Waals surface area contributed by atoms with Gasteiger partial charge in [-0.25, -0.2) is 9.97 Å². The molecule has 2 aliphatic rings. The second-order valence-corrected chi connectivity index (χ2v) is 18.9. The van der Waals surface area contributed by atoms with Gasteiger partial charge in [0.1, 0.15) is 0 Å². The molecule has 0 unspecified atom stereocenters. The molecule has 2 aromatic heterocycles. The van der Waals surface area contributed by atoms with Crippen LogP contribution >= 0.6 is 0 Å². The highest BCUT2D eigenvalue weighted by atomic mass is 14.7. The maximum atomic E-state index is 5.61. The Balaban J connectivity index is 1.03. The van der Waals surface area contributed by atoms with Gasteiger partial charge >= 0.3 is 0 Å². The number of fused-ring (bicyclic) bond motifs is 12. The molecular weight excluding hydrogens is 773 g/mol. The summed E-state index contributed by atoms with van der Waals surface area (Å²) in [6, 6.07) is 71.6. The first-order valence-electron chi connectivity index (χ1n) is 22.5. The summed E-state index contributed by atoms with van der Waals surface area (Å²) < 4.78 is 0. The van der Waals surface area contributed by atoms with E-state index in [1.807, 2.05) is 0 Å². The molecule has 13 rings (SSSR count). The summed E-state index contributed by atoms with van der Waals surface area (Å²) in [5.74, 6) is 0. The van der Waals surface area contributed by atoms with Gasteiger partial charge in [0.2, 0.25) is 0 Å². The van der Waals surface area contributed by atoms with Crippen molar-refractivity contribution in [3.63, 3.8) is 0 Å². The van der Waals surface area contributed by atoms with E-state index in [2.05, 4.69) is 222 Å². The molecule has 0 saturated heterocycles. The van der Waals surface area contributed by atoms with Crippen LogP contribution in [0.1, 0.15) is 49.9 Å². The van der Waals surface area contributed by atoms with Gasteiger partial charge in [-0.2, -0.15) is 0 Å². The first-order valence-corrected chi connectivity index (χ1v) is 22.5. The molecule has 0 aliphatic heterocycles. The molecule has 0 atom stereocenters. The van der Waals surface area contributed by atoms with Gasteiger partial charge in [0.25, 0.3) is 0 Å². The Hall–Kier alpha value is -7.68. The molecule has 11 aromatic rings. The van der Waals surface area contributed by atoms with Crippen molar-refractivity contribution < 1.29 is 0 Å². The zero-order valence-electron chi connectivity index (χ0n) is 36.4. The fraction of sp³-hybridized carbons (Fsp3) is 0.0968. The van der Waals surface area contributed by atoms with Crippen LogP contribution in [0.2, 0.25) is 0 Å². The molecule has 0 spiro atoms. The van der Waals surface area contributed by atoms with Crippen molar-refractivity contribution in [1.29, 1.82) is 0 Å². The Morgan fingerprint density at radius 2 is 0.766 bits per heavy atom. The fourth-order valence-corrected chi connectivity index (χ4v) is 11.3. The smallest absolute Gasteiger partial charge is 0.0794 e. The normalized spacial score (nSPS) is 14.2. The van der Waals surface area contributed by atoms with Gasteiger partial charge in [-0.3, -0.25) is 0 Å². The van der Waals surface area contributed by atoms with E-state index in [1.54, 1.807) is 0 Å². The average molecular weight is 817 g/mol. The third-order valence-corrected chi connectivity index (χ3v) is 14.7. The van der Waals surface area contributed by atoms with Crippen LogP contribution in [-0.2, 0) is 10.8 Å². The maximum absolute atomic E-state index is 5.61. The first-order chi connectivity index (χ1) is 31.2. The Bertz CT molecular complexity index is 3780. The van der Waals surface area contributed by atoms with Crippen LogP contribution in [0.25, 0.3) is 110 Å². The number of pyridine rings is 2. The Kier molecular flexibility index (Phi) is 7.74. The SMILES string of the molecule is CC1(C)c2ccccc2-c2ccc(-c3cc4c(-c5ccc6c(c5)C(C)(C)c5ccccc5-6)cc(-c5ccc(-c6nc7ccccc7c7ccccc67)cc5)nc4c4ccccc34)cc21. The average Bonchev–Trinajstić information content (AvgIpc) is 3.72. The lowest BCUT2D eigenvalue weighted by molar-refractivity contribution is 0.660. The van der Waals surface area contributed by atoms with Gasteiger partial charge in [-0.05, 0) is 108 Å². The number of nitrogens with zero attached hydrogens (tertiary/aromatic N) is 2. The molecule has 0 bridgehead atoms. The summed E-state index contributed by atoms with van der Waals surface area (Å²) in [6.07, 6.45) is 0. The lowest BCUT2D eigenvalue weighted by atomic mass is 9.81. The maximum Gasteiger partial charge on any atom is 0.0794 e. The van der Waals surface area contributed by atoms with Gasteiger partial charge in [-0.1, -0.05) is 191 Å². The van der Waals surface area contributed by atoms with E-state index < -0.39 is 0 Å². The van der Waals surface area contributed by atoms with Crippen molar-refractivity contribution >= 4 is 43.4 Å². The van der Waals surface area contributed by atoms with E-state index in [0.29, 0.717) is 0 Å². The van der Waals surface area contributed by atoms with Crippen LogP contribution in [0.5, 0.6) is 0 Å². The molecule has 0 radical (unpaired) electrons.